The minimum absolute atomic E-state index is 0.0968. The van der Waals surface area contributed by atoms with Crippen molar-refractivity contribution in [1.29, 1.82) is 0 Å². The van der Waals surface area contributed by atoms with Crippen LogP contribution in [0.15, 0.2) is 42.5 Å². The Balaban J connectivity index is 2.27. The van der Waals surface area contributed by atoms with Crippen LogP contribution in [0.2, 0.25) is 0 Å². The zero-order chi connectivity index (χ0) is 19.5. The van der Waals surface area contributed by atoms with Crippen LogP contribution in [-0.2, 0) is 10.0 Å². The molecule has 140 valence electrons. The number of hydrogen-bond acceptors (Lipinski definition) is 3. The lowest BCUT2D eigenvalue weighted by atomic mass is 10.0. The summed E-state index contributed by atoms with van der Waals surface area (Å²) in [6.07, 6.45) is 1.90. The molecule has 0 saturated carbocycles. The standard InChI is InChI=1S/C20H26N2O3S/c1-6-18(16-10-7-14(2)8-11-16)21-20(23)17-12-9-15(3)19(13-17)22(4)26(5,24)25/h7-13,18H,6H2,1-5H3,(H,21,23). The average Bonchev–Trinajstić information content (AvgIpc) is 2.59. The van der Waals surface area contributed by atoms with Gasteiger partial charge >= 0.3 is 0 Å². The van der Waals surface area contributed by atoms with Crippen molar-refractivity contribution >= 4 is 21.6 Å². The van der Waals surface area contributed by atoms with Crippen LogP contribution >= 0.6 is 0 Å². The number of anilines is 1. The zero-order valence-electron chi connectivity index (χ0n) is 15.9. The van der Waals surface area contributed by atoms with Gasteiger partial charge in [-0.15, -0.1) is 0 Å². The number of benzene rings is 2. The molecular weight excluding hydrogens is 348 g/mol. The Morgan fingerprint density at radius 3 is 2.27 bits per heavy atom. The van der Waals surface area contributed by atoms with Crippen molar-refractivity contribution in [2.75, 3.05) is 17.6 Å². The molecule has 2 aromatic carbocycles. The monoisotopic (exact) mass is 374 g/mol. The summed E-state index contributed by atoms with van der Waals surface area (Å²) in [6.45, 7) is 5.86. The molecule has 0 heterocycles. The molecule has 0 spiro atoms. The number of sulfonamides is 1. The minimum Gasteiger partial charge on any atom is -0.345 e. The summed E-state index contributed by atoms with van der Waals surface area (Å²) in [6, 6.07) is 13.1. The van der Waals surface area contributed by atoms with E-state index >= 15 is 0 Å². The Bertz CT molecular complexity index is 890. The number of rotatable bonds is 6. The van der Waals surface area contributed by atoms with Crippen LogP contribution in [0, 0.1) is 13.8 Å². The third-order valence-corrected chi connectivity index (χ3v) is 5.69. The highest BCUT2D eigenvalue weighted by Crippen LogP contribution is 2.24. The van der Waals surface area contributed by atoms with E-state index in [9.17, 15) is 13.2 Å². The van der Waals surface area contributed by atoms with Crippen LogP contribution in [0.25, 0.3) is 0 Å². The summed E-state index contributed by atoms with van der Waals surface area (Å²) in [7, 11) is -1.91. The van der Waals surface area contributed by atoms with Crippen LogP contribution in [0.1, 0.15) is 46.4 Å². The van der Waals surface area contributed by atoms with Crippen molar-refractivity contribution in [3.8, 4) is 0 Å². The second-order valence-corrected chi connectivity index (χ2v) is 8.59. The molecule has 1 amide bonds. The fourth-order valence-corrected chi connectivity index (χ4v) is 3.28. The summed E-state index contributed by atoms with van der Waals surface area (Å²) < 4.78 is 24.8. The van der Waals surface area contributed by atoms with Crippen LogP contribution in [0.5, 0.6) is 0 Å². The van der Waals surface area contributed by atoms with Gasteiger partial charge in [0.05, 0.1) is 18.0 Å². The second kappa shape index (κ2) is 7.91. The molecule has 0 radical (unpaired) electrons. The minimum atomic E-state index is -3.39. The molecule has 0 bridgehead atoms. The molecule has 0 aliphatic rings. The van der Waals surface area contributed by atoms with Gasteiger partial charge < -0.3 is 5.32 Å². The number of carbonyl (C=O) groups is 1. The SMILES string of the molecule is CCC(NC(=O)c1ccc(C)c(N(C)S(C)(=O)=O)c1)c1ccc(C)cc1. The van der Waals surface area contributed by atoms with E-state index in [2.05, 4.69) is 5.32 Å². The number of amides is 1. The first-order valence-corrected chi connectivity index (χ1v) is 10.4. The Morgan fingerprint density at radius 2 is 1.73 bits per heavy atom. The van der Waals surface area contributed by atoms with Crippen molar-refractivity contribution in [3.63, 3.8) is 0 Å². The number of nitrogens with one attached hydrogen (secondary N) is 1. The van der Waals surface area contributed by atoms with Gasteiger partial charge in [-0.05, 0) is 43.5 Å². The summed E-state index contributed by atoms with van der Waals surface area (Å²) in [4.78, 5) is 12.7. The molecule has 1 unspecified atom stereocenters. The highest BCUT2D eigenvalue weighted by atomic mass is 32.2. The van der Waals surface area contributed by atoms with E-state index in [1.807, 2.05) is 45.0 Å². The lowest BCUT2D eigenvalue weighted by Gasteiger charge is -2.21. The van der Waals surface area contributed by atoms with Crippen molar-refractivity contribution < 1.29 is 13.2 Å². The van der Waals surface area contributed by atoms with E-state index < -0.39 is 10.0 Å². The molecule has 0 aliphatic heterocycles. The molecule has 6 heteroatoms. The first-order chi connectivity index (χ1) is 12.1. The molecule has 26 heavy (non-hydrogen) atoms. The molecule has 0 aliphatic carbocycles. The van der Waals surface area contributed by atoms with Crippen LogP contribution in [0.3, 0.4) is 0 Å². The van der Waals surface area contributed by atoms with E-state index in [-0.39, 0.29) is 11.9 Å². The van der Waals surface area contributed by atoms with Crippen molar-refractivity contribution in [3.05, 3.63) is 64.7 Å². The number of aryl methyl sites for hydroxylation is 2. The fourth-order valence-electron chi connectivity index (χ4n) is 2.73. The normalized spacial score (nSPS) is 12.5. The molecular formula is C20H26N2O3S. The second-order valence-electron chi connectivity index (χ2n) is 6.58. The van der Waals surface area contributed by atoms with Crippen LogP contribution in [-0.4, -0.2) is 27.6 Å². The van der Waals surface area contributed by atoms with Crippen LogP contribution in [0.4, 0.5) is 5.69 Å². The highest BCUT2D eigenvalue weighted by molar-refractivity contribution is 7.92. The van der Waals surface area contributed by atoms with Crippen LogP contribution < -0.4 is 9.62 Å². The topological polar surface area (TPSA) is 66.5 Å². The predicted molar refractivity (Wildman–Crippen MR) is 106 cm³/mol. The van der Waals surface area contributed by atoms with Crippen molar-refractivity contribution in [2.24, 2.45) is 0 Å². The number of hydrogen-bond donors (Lipinski definition) is 1. The van der Waals surface area contributed by atoms with Crippen molar-refractivity contribution in [2.45, 2.75) is 33.2 Å². The lowest BCUT2D eigenvalue weighted by molar-refractivity contribution is 0.0935. The Labute approximate surface area is 156 Å². The van der Waals surface area contributed by atoms with Gasteiger partial charge in [0, 0.05) is 12.6 Å². The third-order valence-electron chi connectivity index (χ3n) is 4.50. The van der Waals surface area contributed by atoms with Gasteiger partial charge in [-0.25, -0.2) is 8.42 Å². The molecule has 2 rings (SSSR count). The Morgan fingerprint density at radius 1 is 1.12 bits per heavy atom. The average molecular weight is 375 g/mol. The van der Waals surface area contributed by atoms with Gasteiger partial charge in [0.1, 0.15) is 0 Å². The maximum atomic E-state index is 12.7. The number of carbonyl (C=O) groups excluding carboxylic acids is 1. The largest absolute Gasteiger partial charge is 0.345 e. The van der Waals surface area contributed by atoms with E-state index in [0.29, 0.717) is 11.3 Å². The van der Waals surface area contributed by atoms with Crippen molar-refractivity contribution in [1.82, 2.24) is 5.32 Å². The number of nitrogens with zero attached hydrogens (tertiary/aromatic N) is 1. The Kier molecular flexibility index (Phi) is 6.08. The van der Waals surface area contributed by atoms with Gasteiger partial charge in [0.15, 0.2) is 0 Å². The van der Waals surface area contributed by atoms with E-state index in [4.69, 9.17) is 0 Å². The molecule has 0 fully saturated rings. The van der Waals surface area contributed by atoms with Gasteiger partial charge in [0.25, 0.3) is 5.91 Å². The molecule has 5 nitrogen and oxygen atoms in total. The molecule has 0 aromatic heterocycles. The molecule has 1 N–H and O–H groups in total. The first kappa shape index (κ1) is 20.0. The predicted octanol–water partition coefficient (Wildman–Crippen LogP) is 3.58. The first-order valence-electron chi connectivity index (χ1n) is 8.55. The zero-order valence-corrected chi connectivity index (χ0v) is 16.7. The van der Waals surface area contributed by atoms with E-state index in [1.54, 1.807) is 18.2 Å². The molecule has 2 aromatic rings. The summed E-state index contributed by atoms with van der Waals surface area (Å²) in [5.74, 6) is -0.222. The third kappa shape index (κ3) is 4.64. The van der Waals surface area contributed by atoms with E-state index in [1.165, 1.54) is 16.9 Å². The van der Waals surface area contributed by atoms with Gasteiger partial charge in [-0.3, -0.25) is 9.10 Å². The summed E-state index contributed by atoms with van der Waals surface area (Å²) in [5.41, 5.74) is 3.95. The van der Waals surface area contributed by atoms with Gasteiger partial charge in [-0.2, -0.15) is 0 Å². The maximum Gasteiger partial charge on any atom is 0.251 e. The summed E-state index contributed by atoms with van der Waals surface area (Å²) >= 11 is 0. The Hall–Kier alpha value is -2.34. The molecule has 1 atom stereocenters. The van der Waals surface area contributed by atoms with Gasteiger partial charge in [0.2, 0.25) is 10.0 Å². The quantitative estimate of drug-likeness (QED) is 0.840. The fraction of sp³-hybridized carbons (Fsp3) is 0.350. The maximum absolute atomic E-state index is 12.7. The van der Waals surface area contributed by atoms with Gasteiger partial charge in [-0.1, -0.05) is 42.8 Å². The smallest absolute Gasteiger partial charge is 0.251 e. The molecule has 0 saturated heterocycles. The van der Waals surface area contributed by atoms with E-state index in [0.717, 1.165) is 23.8 Å². The lowest BCUT2D eigenvalue weighted by Crippen LogP contribution is -2.29. The highest BCUT2D eigenvalue weighted by Gasteiger charge is 2.18. The summed E-state index contributed by atoms with van der Waals surface area (Å²) in [5, 5.41) is 3.04.